The summed E-state index contributed by atoms with van der Waals surface area (Å²) in [4.78, 5) is 12.4. The molecule has 0 radical (unpaired) electrons. The van der Waals surface area contributed by atoms with Gasteiger partial charge in [0, 0.05) is 10.0 Å². The largest absolute Gasteiger partial charge is 0.288 e. The van der Waals surface area contributed by atoms with Crippen LogP contribution in [0.4, 0.5) is 8.78 Å². The Bertz CT molecular complexity index is 551. The average Bonchev–Trinajstić information content (AvgIpc) is 2.67. The molecular formula is C11H5BrF2OS. The van der Waals surface area contributed by atoms with Gasteiger partial charge < -0.3 is 0 Å². The molecule has 0 unspecified atom stereocenters. The van der Waals surface area contributed by atoms with Crippen LogP contribution in [-0.2, 0) is 0 Å². The summed E-state index contributed by atoms with van der Waals surface area (Å²) in [5.41, 5.74) is 0.141. The first-order valence-corrected chi connectivity index (χ1v) is 5.99. The highest BCUT2D eigenvalue weighted by Crippen LogP contribution is 2.25. The summed E-state index contributed by atoms with van der Waals surface area (Å²) < 4.78 is 26.3. The van der Waals surface area contributed by atoms with Crippen LogP contribution in [0.25, 0.3) is 0 Å². The van der Waals surface area contributed by atoms with E-state index < -0.39 is 11.6 Å². The van der Waals surface area contributed by atoms with Crippen molar-refractivity contribution in [3.63, 3.8) is 0 Å². The molecule has 0 saturated carbocycles. The van der Waals surface area contributed by atoms with Gasteiger partial charge in [0.2, 0.25) is 5.78 Å². The van der Waals surface area contributed by atoms with E-state index in [0.29, 0.717) is 9.35 Å². The number of benzene rings is 1. The lowest BCUT2D eigenvalue weighted by molar-refractivity contribution is 0.104. The molecule has 0 atom stereocenters. The third-order valence-electron chi connectivity index (χ3n) is 2.01. The van der Waals surface area contributed by atoms with Crippen LogP contribution in [-0.4, -0.2) is 5.78 Å². The molecule has 0 aliphatic carbocycles. The molecule has 0 spiro atoms. The monoisotopic (exact) mass is 302 g/mol. The Kier molecular flexibility index (Phi) is 3.16. The molecule has 0 bridgehead atoms. The molecule has 16 heavy (non-hydrogen) atoms. The standard InChI is InChI=1S/C11H5BrF2OS/c12-7-3-4-16-11(7)10(15)6-1-2-8(13)9(14)5-6/h1-5H. The number of halogens is 3. The van der Waals surface area contributed by atoms with Gasteiger partial charge in [-0.3, -0.25) is 4.79 Å². The SMILES string of the molecule is O=C(c1ccc(F)c(F)c1)c1sccc1Br. The number of rotatable bonds is 2. The zero-order chi connectivity index (χ0) is 11.7. The summed E-state index contributed by atoms with van der Waals surface area (Å²) in [7, 11) is 0. The Morgan fingerprint density at radius 3 is 2.50 bits per heavy atom. The second kappa shape index (κ2) is 4.43. The van der Waals surface area contributed by atoms with Crippen LogP contribution in [0.2, 0.25) is 0 Å². The maximum atomic E-state index is 12.9. The van der Waals surface area contributed by atoms with Gasteiger partial charge >= 0.3 is 0 Å². The molecule has 0 aliphatic heterocycles. The zero-order valence-corrected chi connectivity index (χ0v) is 10.2. The molecule has 1 nitrogen and oxygen atoms in total. The highest BCUT2D eigenvalue weighted by Gasteiger charge is 2.15. The number of hydrogen-bond acceptors (Lipinski definition) is 2. The van der Waals surface area contributed by atoms with Gasteiger partial charge in [0.15, 0.2) is 11.6 Å². The van der Waals surface area contributed by atoms with Gasteiger partial charge in [-0.05, 0) is 45.6 Å². The lowest BCUT2D eigenvalue weighted by Gasteiger charge is -2.00. The van der Waals surface area contributed by atoms with E-state index in [1.807, 2.05) is 0 Å². The second-order valence-corrected chi connectivity index (χ2v) is 4.83. The molecule has 1 aromatic carbocycles. The lowest BCUT2D eigenvalue weighted by Crippen LogP contribution is -2.00. The third kappa shape index (κ3) is 2.05. The summed E-state index contributed by atoms with van der Waals surface area (Å²) in [5.74, 6) is -2.29. The van der Waals surface area contributed by atoms with Crippen molar-refractivity contribution in [1.29, 1.82) is 0 Å². The first-order chi connectivity index (χ1) is 7.59. The molecule has 0 saturated heterocycles. The molecule has 82 valence electrons. The molecule has 0 fully saturated rings. The highest BCUT2D eigenvalue weighted by molar-refractivity contribution is 9.10. The van der Waals surface area contributed by atoms with Gasteiger partial charge in [-0.2, -0.15) is 0 Å². The van der Waals surface area contributed by atoms with E-state index in [1.165, 1.54) is 17.4 Å². The van der Waals surface area contributed by atoms with Crippen molar-refractivity contribution >= 4 is 33.0 Å². The van der Waals surface area contributed by atoms with E-state index >= 15 is 0 Å². The third-order valence-corrected chi connectivity index (χ3v) is 3.84. The van der Waals surface area contributed by atoms with Gasteiger partial charge in [0.05, 0.1) is 4.88 Å². The molecular weight excluding hydrogens is 298 g/mol. The Morgan fingerprint density at radius 1 is 1.19 bits per heavy atom. The van der Waals surface area contributed by atoms with E-state index in [-0.39, 0.29) is 11.3 Å². The fourth-order valence-corrected chi connectivity index (χ4v) is 2.74. The summed E-state index contributed by atoms with van der Waals surface area (Å²) in [6.45, 7) is 0. The molecule has 0 amide bonds. The van der Waals surface area contributed by atoms with Crippen LogP contribution in [0.5, 0.6) is 0 Å². The first kappa shape index (κ1) is 11.4. The van der Waals surface area contributed by atoms with Crippen LogP contribution in [0.3, 0.4) is 0 Å². The molecule has 1 aromatic heterocycles. The average molecular weight is 303 g/mol. The Balaban J connectivity index is 2.42. The minimum atomic E-state index is -1.02. The van der Waals surface area contributed by atoms with E-state index in [9.17, 15) is 13.6 Å². The quantitative estimate of drug-likeness (QED) is 0.766. The molecule has 1 heterocycles. The number of hydrogen-bond donors (Lipinski definition) is 0. The van der Waals surface area contributed by atoms with Gasteiger partial charge in [0.1, 0.15) is 0 Å². The predicted octanol–water partition coefficient (Wildman–Crippen LogP) is 4.02. The van der Waals surface area contributed by atoms with Crippen molar-refractivity contribution in [1.82, 2.24) is 0 Å². The van der Waals surface area contributed by atoms with E-state index in [2.05, 4.69) is 15.9 Å². The number of carbonyl (C=O) groups excluding carboxylic acids is 1. The smallest absolute Gasteiger partial charge is 0.204 e. The van der Waals surface area contributed by atoms with Crippen LogP contribution < -0.4 is 0 Å². The topological polar surface area (TPSA) is 17.1 Å². The van der Waals surface area contributed by atoms with Crippen LogP contribution >= 0.6 is 27.3 Å². The predicted molar refractivity (Wildman–Crippen MR) is 61.8 cm³/mol. The van der Waals surface area contributed by atoms with Crippen molar-refractivity contribution in [3.05, 3.63) is 56.2 Å². The van der Waals surface area contributed by atoms with Crippen molar-refractivity contribution in [2.75, 3.05) is 0 Å². The van der Waals surface area contributed by atoms with Crippen molar-refractivity contribution in [2.45, 2.75) is 0 Å². The first-order valence-electron chi connectivity index (χ1n) is 4.32. The highest BCUT2D eigenvalue weighted by atomic mass is 79.9. The minimum Gasteiger partial charge on any atom is -0.288 e. The maximum Gasteiger partial charge on any atom is 0.204 e. The lowest BCUT2D eigenvalue weighted by atomic mass is 10.1. The second-order valence-electron chi connectivity index (χ2n) is 3.06. The van der Waals surface area contributed by atoms with Gasteiger partial charge in [-0.15, -0.1) is 11.3 Å². The molecule has 2 aromatic rings. The van der Waals surface area contributed by atoms with E-state index in [1.54, 1.807) is 11.4 Å². The Morgan fingerprint density at radius 2 is 1.94 bits per heavy atom. The summed E-state index contributed by atoms with van der Waals surface area (Å²) in [6, 6.07) is 4.86. The van der Waals surface area contributed by atoms with Crippen molar-refractivity contribution < 1.29 is 13.6 Å². The van der Waals surface area contributed by atoms with Crippen LogP contribution in [0, 0.1) is 11.6 Å². The van der Waals surface area contributed by atoms with E-state index in [4.69, 9.17) is 0 Å². The van der Waals surface area contributed by atoms with Crippen LogP contribution in [0.1, 0.15) is 15.2 Å². The number of ketones is 1. The minimum absolute atomic E-state index is 0.141. The van der Waals surface area contributed by atoms with Gasteiger partial charge in [0.25, 0.3) is 0 Å². The summed E-state index contributed by atoms with van der Waals surface area (Å²) in [5, 5.41) is 1.75. The molecule has 5 heteroatoms. The molecule has 0 N–H and O–H groups in total. The van der Waals surface area contributed by atoms with E-state index in [0.717, 1.165) is 12.1 Å². The molecule has 2 rings (SSSR count). The molecule has 0 aliphatic rings. The zero-order valence-electron chi connectivity index (χ0n) is 7.84. The fraction of sp³-hybridized carbons (Fsp3) is 0. The Hall–Kier alpha value is -1.07. The van der Waals surface area contributed by atoms with Gasteiger partial charge in [-0.1, -0.05) is 0 Å². The number of carbonyl (C=O) groups is 1. The van der Waals surface area contributed by atoms with Crippen LogP contribution in [0.15, 0.2) is 34.1 Å². The van der Waals surface area contributed by atoms with Gasteiger partial charge in [-0.25, -0.2) is 8.78 Å². The Labute approximate surface area is 103 Å². The normalized spacial score (nSPS) is 10.4. The van der Waals surface area contributed by atoms with Crippen molar-refractivity contribution in [2.24, 2.45) is 0 Å². The summed E-state index contributed by atoms with van der Waals surface area (Å²) in [6.07, 6.45) is 0. The fourth-order valence-electron chi connectivity index (χ4n) is 1.22. The maximum absolute atomic E-state index is 12.9. The summed E-state index contributed by atoms with van der Waals surface area (Å²) >= 11 is 4.47. The number of thiophene rings is 1. The van der Waals surface area contributed by atoms with Crippen molar-refractivity contribution in [3.8, 4) is 0 Å².